The summed E-state index contributed by atoms with van der Waals surface area (Å²) in [6, 6.07) is -0.439. The Morgan fingerprint density at radius 2 is 2.14 bits per heavy atom. The van der Waals surface area contributed by atoms with Gasteiger partial charge in [-0.05, 0) is 12.3 Å². The van der Waals surface area contributed by atoms with Gasteiger partial charge in [-0.1, -0.05) is 13.8 Å². The van der Waals surface area contributed by atoms with Gasteiger partial charge in [0.25, 0.3) is 0 Å². The van der Waals surface area contributed by atoms with Crippen LogP contribution in [-0.2, 0) is 9.53 Å². The predicted molar refractivity (Wildman–Crippen MR) is 52.2 cm³/mol. The normalized spacial score (nSPS) is 22.0. The third kappa shape index (κ3) is 2.18. The fourth-order valence-electron chi connectivity index (χ4n) is 1.54. The molecule has 0 aromatic heterocycles. The molecule has 14 heavy (non-hydrogen) atoms. The van der Waals surface area contributed by atoms with E-state index in [1.165, 1.54) is 4.90 Å². The van der Waals surface area contributed by atoms with E-state index in [0.717, 1.165) is 0 Å². The van der Waals surface area contributed by atoms with Crippen LogP contribution in [0.25, 0.3) is 0 Å². The number of alkyl halides is 1. The van der Waals surface area contributed by atoms with Gasteiger partial charge in [0.15, 0.2) is 0 Å². The predicted octanol–water partition coefficient (Wildman–Crippen LogP) is 1.62. The standard InChI is InChI=1S/C9H14ClNO3/c1-6(2)7-8(12)14-9(13)11(7)5-3-4-10/h6-7H,3-5H2,1-2H3. The molecule has 1 unspecified atom stereocenters. The summed E-state index contributed by atoms with van der Waals surface area (Å²) < 4.78 is 4.55. The number of hydrogen-bond acceptors (Lipinski definition) is 3. The number of ether oxygens (including phenoxy) is 1. The average Bonchev–Trinajstić information content (AvgIpc) is 2.37. The van der Waals surface area contributed by atoms with Crippen LogP contribution < -0.4 is 0 Å². The van der Waals surface area contributed by atoms with Gasteiger partial charge in [0.1, 0.15) is 6.04 Å². The first-order valence-electron chi connectivity index (χ1n) is 4.66. The van der Waals surface area contributed by atoms with Crippen LogP contribution in [0.4, 0.5) is 4.79 Å². The maximum atomic E-state index is 11.3. The Bertz CT molecular complexity index is 242. The van der Waals surface area contributed by atoms with Crippen molar-refractivity contribution in [1.82, 2.24) is 4.90 Å². The zero-order chi connectivity index (χ0) is 10.7. The molecule has 0 aromatic rings. The van der Waals surface area contributed by atoms with Crippen molar-refractivity contribution in [3.63, 3.8) is 0 Å². The van der Waals surface area contributed by atoms with E-state index in [4.69, 9.17) is 11.6 Å². The van der Waals surface area contributed by atoms with Crippen molar-refractivity contribution in [2.24, 2.45) is 5.92 Å². The second kappa shape index (κ2) is 4.64. The quantitative estimate of drug-likeness (QED) is 0.410. The summed E-state index contributed by atoms with van der Waals surface area (Å²) in [7, 11) is 0. The molecule has 0 aliphatic carbocycles. The van der Waals surface area contributed by atoms with E-state index >= 15 is 0 Å². The van der Waals surface area contributed by atoms with Crippen LogP contribution in [-0.4, -0.2) is 35.4 Å². The largest absolute Gasteiger partial charge is 0.418 e. The second-order valence-electron chi connectivity index (χ2n) is 3.61. The highest BCUT2D eigenvalue weighted by molar-refractivity contribution is 6.17. The fraction of sp³-hybridized carbons (Fsp3) is 0.778. The second-order valence-corrected chi connectivity index (χ2v) is 3.99. The molecule has 0 bridgehead atoms. The summed E-state index contributed by atoms with van der Waals surface area (Å²) in [5, 5.41) is 0. The highest BCUT2D eigenvalue weighted by atomic mass is 35.5. The van der Waals surface area contributed by atoms with Crippen molar-refractivity contribution in [1.29, 1.82) is 0 Å². The smallest absolute Gasteiger partial charge is 0.375 e. The molecule has 0 radical (unpaired) electrons. The van der Waals surface area contributed by atoms with Crippen molar-refractivity contribution in [2.45, 2.75) is 26.3 Å². The Kier molecular flexibility index (Phi) is 3.75. The molecule has 0 aromatic carbocycles. The average molecular weight is 220 g/mol. The molecule has 4 nitrogen and oxygen atoms in total. The molecule has 80 valence electrons. The Hall–Kier alpha value is -0.770. The van der Waals surface area contributed by atoms with Crippen molar-refractivity contribution >= 4 is 23.7 Å². The van der Waals surface area contributed by atoms with Crippen LogP contribution >= 0.6 is 11.6 Å². The minimum Gasteiger partial charge on any atom is -0.375 e. The molecule has 1 atom stereocenters. The first kappa shape index (κ1) is 11.3. The Balaban J connectivity index is 2.68. The Labute approximate surface area is 88.2 Å². The van der Waals surface area contributed by atoms with Gasteiger partial charge in [-0.15, -0.1) is 11.6 Å². The molecular weight excluding hydrogens is 206 g/mol. The summed E-state index contributed by atoms with van der Waals surface area (Å²) in [4.78, 5) is 24.0. The fourth-order valence-corrected chi connectivity index (χ4v) is 1.66. The molecule has 1 fully saturated rings. The van der Waals surface area contributed by atoms with E-state index in [1.807, 2.05) is 13.8 Å². The lowest BCUT2D eigenvalue weighted by Crippen LogP contribution is -2.39. The summed E-state index contributed by atoms with van der Waals surface area (Å²) in [5.74, 6) is 0.104. The van der Waals surface area contributed by atoms with E-state index in [2.05, 4.69) is 4.74 Å². The van der Waals surface area contributed by atoms with E-state index in [9.17, 15) is 9.59 Å². The molecule has 1 heterocycles. The first-order valence-corrected chi connectivity index (χ1v) is 5.19. The lowest BCUT2D eigenvalue weighted by molar-refractivity contribution is -0.136. The number of halogens is 1. The van der Waals surface area contributed by atoms with Gasteiger partial charge < -0.3 is 4.74 Å². The number of rotatable bonds is 4. The number of carbonyl (C=O) groups excluding carboxylic acids is 2. The third-order valence-electron chi connectivity index (χ3n) is 2.16. The minimum atomic E-state index is -0.543. The molecule has 1 saturated heterocycles. The monoisotopic (exact) mass is 219 g/mol. The highest BCUT2D eigenvalue weighted by Gasteiger charge is 2.42. The molecule has 0 spiro atoms. The van der Waals surface area contributed by atoms with Gasteiger partial charge in [0.05, 0.1) is 0 Å². The van der Waals surface area contributed by atoms with Gasteiger partial charge in [0, 0.05) is 12.4 Å². The number of hydrogen-bond donors (Lipinski definition) is 0. The lowest BCUT2D eigenvalue weighted by Gasteiger charge is -2.21. The van der Waals surface area contributed by atoms with Crippen molar-refractivity contribution < 1.29 is 14.3 Å². The zero-order valence-corrected chi connectivity index (χ0v) is 9.08. The van der Waals surface area contributed by atoms with Crippen LogP contribution in [0.2, 0.25) is 0 Å². The van der Waals surface area contributed by atoms with Gasteiger partial charge >= 0.3 is 12.1 Å². The van der Waals surface area contributed by atoms with Gasteiger partial charge in [-0.3, -0.25) is 4.90 Å². The maximum absolute atomic E-state index is 11.3. The van der Waals surface area contributed by atoms with Crippen LogP contribution in [0.5, 0.6) is 0 Å². The number of esters is 1. The third-order valence-corrected chi connectivity index (χ3v) is 2.43. The molecule has 5 heteroatoms. The summed E-state index contributed by atoms with van der Waals surface area (Å²) >= 11 is 5.53. The number of cyclic esters (lactones) is 2. The minimum absolute atomic E-state index is 0.0734. The molecular formula is C9H14ClNO3. The number of nitrogens with zero attached hydrogens (tertiary/aromatic N) is 1. The van der Waals surface area contributed by atoms with Crippen molar-refractivity contribution in [3.05, 3.63) is 0 Å². The summed E-state index contributed by atoms with van der Waals surface area (Å²) in [6.45, 7) is 4.26. The molecule has 1 rings (SSSR count). The van der Waals surface area contributed by atoms with E-state index < -0.39 is 18.1 Å². The number of carbonyl (C=O) groups is 2. The zero-order valence-electron chi connectivity index (χ0n) is 8.33. The molecule has 1 aliphatic rings. The van der Waals surface area contributed by atoms with Crippen LogP contribution in [0, 0.1) is 5.92 Å². The topological polar surface area (TPSA) is 46.6 Å². The SMILES string of the molecule is CC(C)C1C(=O)OC(=O)N1CCCCl. The lowest BCUT2D eigenvalue weighted by atomic mass is 10.0. The maximum Gasteiger partial charge on any atom is 0.418 e. The van der Waals surface area contributed by atoms with E-state index in [1.54, 1.807) is 0 Å². The van der Waals surface area contributed by atoms with Crippen LogP contribution in [0.15, 0.2) is 0 Å². The Morgan fingerprint density at radius 3 is 2.64 bits per heavy atom. The number of amides is 1. The van der Waals surface area contributed by atoms with Crippen LogP contribution in [0.3, 0.4) is 0 Å². The molecule has 1 amide bonds. The molecule has 0 saturated carbocycles. The molecule has 1 aliphatic heterocycles. The van der Waals surface area contributed by atoms with Gasteiger partial charge in [0.2, 0.25) is 0 Å². The van der Waals surface area contributed by atoms with Crippen LogP contribution in [0.1, 0.15) is 20.3 Å². The summed E-state index contributed by atoms with van der Waals surface area (Å²) in [6.07, 6.45) is 0.131. The molecule has 0 N–H and O–H groups in total. The van der Waals surface area contributed by atoms with Gasteiger partial charge in [-0.2, -0.15) is 0 Å². The Morgan fingerprint density at radius 1 is 1.50 bits per heavy atom. The first-order chi connectivity index (χ1) is 6.57. The van der Waals surface area contributed by atoms with E-state index in [-0.39, 0.29) is 5.92 Å². The van der Waals surface area contributed by atoms with Crippen molar-refractivity contribution in [2.75, 3.05) is 12.4 Å². The van der Waals surface area contributed by atoms with Crippen molar-refractivity contribution in [3.8, 4) is 0 Å². The highest BCUT2D eigenvalue weighted by Crippen LogP contribution is 2.20. The summed E-state index contributed by atoms with van der Waals surface area (Å²) in [5.41, 5.74) is 0. The van der Waals surface area contributed by atoms with Gasteiger partial charge in [-0.25, -0.2) is 9.59 Å². The van der Waals surface area contributed by atoms with E-state index in [0.29, 0.717) is 18.8 Å².